The van der Waals surface area contributed by atoms with E-state index in [0.717, 1.165) is 0 Å². The molecule has 0 atom stereocenters. The lowest BCUT2D eigenvalue weighted by atomic mass is 9.72. The van der Waals surface area contributed by atoms with E-state index in [1.165, 1.54) is 51.6 Å². The average molecular weight is 180 g/mol. The smallest absolute Gasteiger partial charge is 0.0360 e. The van der Waals surface area contributed by atoms with E-state index in [9.17, 15) is 0 Å². The van der Waals surface area contributed by atoms with E-state index in [2.05, 4.69) is 23.2 Å². The third kappa shape index (κ3) is 2.23. The Morgan fingerprint density at radius 3 is 2.31 bits per heavy atom. The molecule has 13 heavy (non-hydrogen) atoms. The van der Waals surface area contributed by atoms with Gasteiger partial charge in [-0.3, -0.25) is 5.01 Å². The summed E-state index contributed by atoms with van der Waals surface area (Å²) < 4.78 is 0. The summed E-state index contributed by atoms with van der Waals surface area (Å²) >= 11 is 0. The van der Waals surface area contributed by atoms with Crippen molar-refractivity contribution in [3.05, 3.63) is 0 Å². The molecule has 0 aromatic heterocycles. The third-order valence-electron chi connectivity index (χ3n) is 3.36. The van der Waals surface area contributed by atoms with Crippen LogP contribution < -0.4 is 0 Å². The van der Waals surface area contributed by atoms with Crippen LogP contribution in [0.15, 0.2) is 5.10 Å². The number of piperidine rings is 1. The van der Waals surface area contributed by atoms with Crippen LogP contribution in [0.1, 0.15) is 45.4 Å². The average Bonchev–Trinajstić information content (AvgIpc) is 2.13. The fourth-order valence-corrected chi connectivity index (χ4v) is 2.08. The van der Waals surface area contributed by atoms with Crippen LogP contribution in [0.2, 0.25) is 0 Å². The molecule has 2 rings (SSSR count). The molecule has 0 radical (unpaired) electrons. The maximum absolute atomic E-state index is 4.59. The van der Waals surface area contributed by atoms with E-state index >= 15 is 0 Å². The summed E-state index contributed by atoms with van der Waals surface area (Å²) in [6.07, 6.45) is 10.3. The Kier molecular flexibility index (Phi) is 2.56. The molecule has 0 aromatic rings. The van der Waals surface area contributed by atoms with Crippen molar-refractivity contribution in [3.63, 3.8) is 0 Å². The Morgan fingerprint density at radius 2 is 1.77 bits per heavy atom. The molecule has 0 aromatic carbocycles. The van der Waals surface area contributed by atoms with Crippen LogP contribution in [0.3, 0.4) is 0 Å². The van der Waals surface area contributed by atoms with Crippen molar-refractivity contribution in [2.75, 3.05) is 13.1 Å². The topological polar surface area (TPSA) is 15.6 Å². The van der Waals surface area contributed by atoms with Gasteiger partial charge in [-0.25, -0.2) is 0 Å². The summed E-state index contributed by atoms with van der Waals surface area (Å²) in [5, 5.41) is 6.83. The molecule has 0 bridgehead atoms. The first-order valence-electron chi connectivity index (χ1n) is 5.59. The number of rotatable bonds is 2. The fourth-order valence-electron chi connectivity index (χ4n) is 2.08. The lowest BCUT2D eigenvalue weighted by Gasteiger charge is -2.35. The molecular weight excluding hydrogens is 160 g/mol. The number of hydrogen-bond donors (Lipinski definition) is 0. The molecule has 2 heteroatoms. The van der Waals surface area contributed by atoms with Gasteiger partial charge in [0.05, 0.1) is 0 Å². The molecule has 1 heterocycles. The minimum Gasteiger partial charge on any atom is -0.297 e. The maximum Gasteiger partial charge on any atom is 0.0360 e. The predicted octanol–water partition coefficient (Wildman–Crippen LogP) is 2.65. The summed E-state index contributed by atoms with van der Waals surface area (Å²) in [5.41, 5.74) is 0.442. The van der Waals surface area contributed by atoms with Crippen LogP contribution in [-0.2, 0) is 0 Å². The van der Waals surface area contributed by atoms with E-state index in [1.807, 2.05) is 0 Å². The second kappa shape index (κ2) is 3.69. The molecule has 0 amide bonds. The molecule has 2 nitrogen and oxygen atoms in total. The van der Waals surface area contributed by atoms with Crippen LogP contribution >= 0.6 is 0 Å². The fraction of sp³-hybridized carbons (Fsp3) is 0.909. The molecular formula is C11H20N2. The Balaban J connectivity index is 1.81. The summed E-state index contributed by atoms with van der Waals surface area (Å²) in [5.74, 6) is 0. The molecule has 1 aliphatic carbocycles. The van der Waals surface area contributed by atoms with Gasteiger partial charge >= 0.3 is 0 Å². The Morgan fingerprint density at radius 1 is 1.08 bits per heavy atom. The Hall–Kier alpha value is -0.530. The maximum atomic E-state index is 4.59. The zero-order valence-corrected chi connectivity index (χ0v) is 8.63. The zero-order valence-electron chi connectivity index (χ0n) is 8.63. The van der Waals surface area contributed by atoms with Crippen molar-refractivity contribution >= 4 is 6.21 Å². The van der Waals surface area contributed by atoms with Gasteiger partial charge < -0.3 is 0 Å². The van der Waals surface area contributed by atoms with Crippen molar-refractivity contribution in [1.29, 1.82) is 0 Å². The van der Waals surface area contributed by atoms with Crippen molar-refractivity contribution in [2.45, 2.75) is 45.4 Å². The van der Waals surface area contributed by atoms with Gasteiger partial charge in [-0.15, -0.1) is 0 Å². The summed E-state index contributed by atoms with van der Waals surface area (Å²) in [4.78, 5) is 0. The third-order valence-corrected chi connectivity index (χ3v) is 3.36. The molecule has 0 N–H and O–H groups in total. The lowest BCUT2D eigenvalue weighted by Crippen LogP contribution is -2.30. The molecule has 1 aliphatic heterocycles. The van der Waals surface area contributed by atoms with E-state index in [0.29, 0.717) is 5.41 Å². The second-order valence-electron chi connectivity index (χ2n) is 4.77. The first-order valence-corrected chi connectivity index (χ1v) is 5.59. The first kappa shape index (κ1) is 9.04. The molecule has 0 unspecified atom stereocenters. The molecule has 1 saturated heterocycles. The highest BCUT2D eigenvalue weighted by atomic mass is 15.4. The van der Waals surface area contributed by atoms with E-state index in [1.54, 1.807) is 0 Å². The van der Waals surface area contributed by atoms with Gasteiger partial charge in [0.15, 0.2) is 0 Å². The highest BCUT2D eigenvalue weighted by Gasteiger charge is 2.30. The monoisotopic (exact) mass is 180 g/mol. The van der Waals surface area contributed by atoms with Crippen molar-refractivity contribution in [3.8, 4) is 0 Å². The lowest BCUT2D eigenvalue weighted by molar-refractivity contribution is 0.224. The highest BCUT2D eigenvalue weighted by Crippen LogP contribution is 2.38. The molecule has 0 spiro atoms. The minimum atomic E-state index is 0.442. The van der Waals surface area contributed by atoms with Gasteiger partial charge in [-0.2, -0.15) is 5.10 Å². The Bertz CT molecular complexity index is 188. The number of nitrogens with zero attached hydrogens (tertiary/aromatic N) is 2. The van der Waals surface area contributed by atoms with Gasteiger partial charge in [0, 0.05) is 24.7 Å². The largest absolute Gasteiger partial charge is 0.297 e. The van der Waals surface area contributed by atoms with Gasteiger partial charge in [0.25, 0.3) is 0 Å². The summed E-state index contributed by atoms with van der Waals surface area (Å²) in [6.45, 7) is 4.67. The molecule has 1 saturated carbocycles. The van der Waals surface area contributed by atoms with Crippen LogP contribution in [-0.4, -0.2) is 24.3 Å². The SMILES string of the molecule is CC1(/C=N/N2CCCCC2)CCC1. The van der Waals surface area contributed by atoms with Crippen LogP contribution in [0.25, 0.3) is 0 Å². The predicted molar refractivity (Wildman–Crippen MR) is 55.9 cm³/mol. The first-order chi connectivity index (χ1) is 6.29. The Labute approximate surface area is 81.0 Å². The molecule has 74 valence electrons. The van der Waals surface area contributed by atoms with Gasteiger partial charge in [0.2, 0.25) is 0 Å². The van der Waals surface area contributed by atoms with Crippen molar-refractivity contribution in [2.24, 2.45) is 10.5 Å². The number of hydrogen-bond acceptors (Lipinski definition) is 2. The number of hydrazone groups is 1. The minimum absolute atomic E-state index is 0.442. The summed E-state index contributed by atoms with van der Waals surface area (Å²) in [6, 6.07) is 0. The van der Waals surface area contributed by atoms with Gasteiger partial charge in [-0.05, 0) is 32.1 Å². The van der Waals surface area contributed by atoms with Crippen molar-refractivity contribution in [1.82, 2.24) is 5.01 Å². The van der Waals surface area contributed by atoms with Crippen LogP contribution in [0.5, 0.6) is 0 Å². The highest BCUT2D eigenvalue weighted by molar-refractivity contribution is 5.66. The van der Waals surface area contributed by atoms with E-state index < -0.39 is 0 Å². The van der Waals surface area contributed by atoms with Gasteiger partial charge in [-0.1, -0.05) is 13.3 Å². The standard InChI is InChI=1S/C11H20N2/c1-11(6-5-7-11)10-12-13-8-3-2-4-9-13/h10H,2-9H2,1H3/b12-10+. The van der Waals surface area contributed by atoms with E-state index in [-0.39, 0.29) is 0 Å². The van der Waals surface area contributed by atoms with Crippen LogP contribution in [0, 0.1) is 5.41 Å². The van der Waals surface area contributed by atoms with Crippen LogP contribution in [0.4, 0.5) is 0 Å². The second-order valence-corrected chi connectivity index (χ2v) is 4.77. The quantitative estimate of drug-likeness (QED) is 0.596. The summed E-state index contributed by atoms with van der Waals surface area (Å²) in [7, 11) is 0. The zero-order chi connectivity index (χ0) is 9.15. The molecule has 2 aliphatic rings. The normalized spacial score (nSPS) is 27.6. The van der Waals surface area contributed by atoms with Crippen molar-refractivity contribution < 1.29 is 0 Å². The van der Waals surface area contributed by atoms with E-state index in [4.69, 9.17) is 0 Å². The van der Waals surface area contributed by atoms with Gasteiger partial charge in [0.1, 0.15) is 0 Å². The molecule has 2 fully saturated rings.